The summed E-state index contributed by atoms with van der Waals surface area (Å²) in [7, 11) is 1.61. The second kappa shape index (κ2) is 10.7. The number of carbonyl (C=O) groups is 1. The summed E-state index contributed by atoms with van der Waals surface area (Å²) in [5, 5.41) is 6.60. The number of carbonyl (C=O) groups excluding carboxylic acids is 1. The molecule has 1 atom stereocenters. The van der Waals surface area contributed by atoms with E-state index in [0.717, 1.165) is 5.56 Å². The maximum atomic E-state index is 13.5. The molecular weight excluding hydrogens is 421 g/mol. The largest absolute Gasteiger partial charge is 0.383 e. The molecule has 1 aromatic heterocycles. The molecule has 0 unspecified atom stereocenters. The molecular formula is C22H23ClFN5O2. The van der Waals surface area contributed by atoms with Crippen LogP contribution in [0.25, 0.3) is 0 Å². The molecule has 3 rings (SSSR count). The number of nitrogens with zero attached hydrogens (tertiary/aromatic N) is 3. The highest BCUT2D eigenvalue weighted by Gasteiger charge is 2.20. The average Bonchev–Trinajstić information content (AvgIpc) is 2.75. The summed E-state index contributed by atoms with van der Waals surface area (Å²) < 4.78 is 18.6. The van der Waals surface area contributed by atoms with Gasteiger partial charge < -0.3 is 15.4 Å². The molecule has 2 N–H and O–H groups in total. The van der Waals surface area contributed by atoms with Crippen molar-refractivity contribution >= 4 is 35.1 Å². The fourth-order valence-corrected chi connectivity index (χ4v) is 2.98. The zero-order chi connectivity index (χ0) is 22.2. The molecule has 0 saturated carbocycles. The molecule has 3 aromatic rings. The van der Waals surface area contributed by atoms with Crippen LogP contribution in [0.2, 0.25) is 5.02 Å². The van der Waals surface area contributed by atoms with Crippen molar-refractivity contribution in [3.8, 4) is 0 Å². The number of amides is 2. The third-order valence-corrected chi connectivity index (χ3v) is 4.56. The quantitative estimate of drug-likeness (QED) is 0.524. The summed E-state index contributed by atoms with van der Waals surface area (Å²) in [5.74, 6) is 0.283. The van der Waals surface area contributed by atoms with E-state index in [2.05, 4.69) is 20.6 Å². The molecule has 0 aliphatic heterocycles. The Bertz CT molecular complexity index is 1000. The first-order valence-corrected chi connectivity index (χ1v) is 10.0. The van der Waals surface area contributed by atoms with Crippen LogP contribution in [-0.4, -0.2) is 35.8 Å². The zero-order valence-electron chi connectivity index (χ0n) is 17.2. The fourth-order valence-electron chi connectivity index (χ4n) is 2.86. The van der Waals surface area contributed by atoms with Crippen LogP contribution in [0.1, 0.15) is 12.5 Å². The SMILES string of the molecule is COC[C@H](C)Nc1nccc(N(C(=O)NCc2ccc(Cl)cc2)c2ccc(F)cc2)n1. The molecule has 0 spiro atoms. The summed E-state index contributed by atoms with van der Waals surface area (Å²) in [6.07, 6.45) is 1.55. The van der Waals surface area contributed by atoms with Crippen molar-refractivity contribution in [2.75, 3.05) is 23.9 Å². The Balaban J connectivity index is 1.85. The predicted octanol–water partition coefficient (Wildman–Crippen LogP) is 4.76. The molecule has 7 nitrogen and oxygen atoms in total. The molecule has 0 aliphatic rings. The summed E-state index contributed by atoms with van der Waals surface area (Å²) >= 11 is 5.91. The number of rotatable bonds is 8. The van der Waals surface area contributed by atoms with Gasteiger partial charge in [-0.25, -0.2) is 19.1 Å². The lowest BCUT2D eigenvalue weighted by Gasteiger charge is -2.23. The number of halogens is 2. The van der Waals surface area contributed by atoms with Crippen molar-refractivity contribution in [1.29, 1.82) is 0 Å². The molecule has 31 heavy (non-hydrogen) atoms. The van der Waals surface area contributed by atoms with Crippen molar-refractivity contribution in [2.24, 2.45) is 0 Å². The molecule has 9 heteroatoms. The minimum absolute atomic E-state index is 0.0294. The van der Waals surface area contributed by atoms with E-state index < -0.39 is 11.8 Å². The van der Waals surface area contributed by atoms with Gasteiger partial charge in [0.1, 0.15) is 11.6 Å². The van der Waals surface area contributed by atoms with E-state index in [1.54, 1.807) is 31.5 Å². The van der Waals surface area contributed by atoms with Gasteiger partial charge in [-0.05, 0) is 48.9 Å². The van der Waals surface area contributed by atoms with Crippen LogP contribution in [0, 0.1) is 5.82 Å². The Morgan fingerprint density at radius 1 is 1.16 bits per heavy atom. The number of anilines is 3. The van der Waals surface area contributed by atoms with E-state index >= 15 is 0 Å². The van der Waals surface area contributed by atoms with Crippen LogP contribution in [-0.2, 0) is 11.3 Å². The lowest BCUT2D eigenvalue weighted by atomic mass is 10.2. The molecule has 0 aliphatic carbocycles. The van der Waals surface area contributed by atoms with E-state index in [4.69, 9.17) is 16.3 Å². The Hall–Kier alpha value is -3.23. The smallest absolute Gasteiger partial charge is 0.327 e. The Kier molecular flexibility index (Phi) is 7.75. The van der Waals surface area contributed by atoms with E-state index in [1.165, 1.54) is 29.2 Å². The topological polar surface area (TPSA) is 79.4 Å². The van der Waals surface area contributed by atoms with Gasteiger partial charge in [0.15, 0.2) is 0 Å². The number of benzene rings is 2. The Morgan fingerprint density at radius 3 is 2.55 bits per heavy atom. The highest BCUT2D eigenvalue weighted by atomic mass is 35.5. The summed E-state index contributed by atoms with van der Waals surface area (Å²) in [6.45, 7) is 2.68. The molecule has 0 fully saturated rings. The monoisotopic (exact) mass is 443 g/mol. The second-order valence-electron chi connectivity index (χ2n) is 6.84. The van der Waals surface area contributed by atoms with Crippen LogP contribution >= 0.6 is 11.6 Å². The maximum absolute atomic E-state index is 13.5. The number of methoxy groups -OCH3 is 1. The zero-order valence-corrected chi connectivity index (χ0v) is 17.9. The molecule has 0 saturated heterocycles. The van der Waals surface area contributed by atoms with Crippen LogP contribution in [0.4, 0.5) is 26.6 Å². The first-order valence-electron chi connectivity index (χ1n) is 9.62. The molecule has 1 heterocycles. The molecule has 0 radical (unpaired) electrons. The van der Waals surface area contributed by atoms with Gasteiger partial charge in [0.05, 0.1) is 12.3 Å². The number of aromatic nitrogens is 2. The molecule has 162 valence electrons. The lowest BCUT2D eigenvalue weighted by molar-refractivity contribution is 0.190. The first kappa shape index (κ1) is 22.5. The van der Waals surface area contributed by atoms with Crippen molar-refractivity contribution in [3.05, 3.63) is 77.2 Å². The van der Waals surface area contributed by atoms with E-state index in [1.807, 2.05) is 19.1 Å². The maximum Gasteiger partial charge on any atom is 0.327 e. The average molecular weight is 444 g/mol. The molecule has 0 bridgehead atoms. The summed E-state index contributed by atoms with van der Waals surface area (Å²) in [6, 6.07) is 13.9. The number of hydrogen-bond acceptors (Lipinski definition) is 5. The minimum atomic E-state index is -0.420. The van der Waals surface area contributed by atoms with Crippen molar-refractivity contribution in [3.63, 3.8) is 0 Å². The van der Waals surface area contributed by atoms with Crippen molar-refractivity contribution in [1.82, 2.24) is 15.3 Å². The van der Waals surface area contributed by atoms with Crippen LogP contribution in [0.3, 0.4) is 0 Å². The van der Waals surface area contributed by atoms with Gasteiger partial charge in [0.25, 0.3) is 0 Å². The lowest BCUT2D eigenvalue weighted by Crippen LogP contribution is -2.37. The van der Waals surface area contributed by atoms with Gasteiger partial charge in [-0.15, -0.1) is 0 Å². The van der Waals surface area contributed by atoms with Gasteiger partial charge in [0.2, 0.25) is 5.95 Å². The molecule has 2 aromatic carbocycles. The van der Waals surface area contributed by atoms with Gasteiger partial charge in [-0.2, -0.15) is 4.98 Å². The summed E-state index contributed by atoms with van der Waals surface area (Å²) in [4.78, 5) is 23.1. The highest BCUT2D eigenvalue weighted by Crippen LogP contribution is 2.25. The van der Waals surface area contributed by atoms with E-state index in [9.17, 15) is 9.18 Å². The predicted molar refractivity (Wildman–Crippen MR) is 119 cm³/mol. The number of ether oxygens (including phenoxy) is 1. The third-order valence-electron chi connectivity index (χ3n) is 4.31. The first-order chi connectivity index (χ1) is 15.0. The number of nitrogens with one attached hydrogen (secondary N) is 2. The van der Waals surface area contributed by atoms with Crippen LogP contribution < -0.4 is 15.5 Å². The standard InChI is InChI=1S/C22H23ClFN5O2/c1-15(14-31-2)27-21-25-12-11-20(28-21)29(19-9-7-18(24)8-10-19)22(30)26-13-16-3-5-17(23)6-4-16/h3-12,15H,13-14H2,1-2H3,(H,26,30)(H,25,27,28)/t15-/m0/s1. The summed E-state index contributed by atoms with van der Waals surface area (Å²) in [5.41, 5.74) is 1.35. The Labute approximate surface area is 185 Å². The Morgan fingerprint density at radius 2 is 1.87 bits per heavy atom. The highest BCUT2D eigenvalue weighted by molar-refractivity contribution is 6.30. The normalized spacial score (nSPS) is 11.6. The van der Waals surface area contributed by atoms with Gasteiger partial charge >= 0.3 is 6.03 Å². The molecule has 2 amide bonds. The van der Waals surface area contributed by atoms with Crippen LogP contribution in [0.5, 0.6) is 0 Å². The third kappa shape index (κ3) is 6.37. The van der Waals surface area contributed by atoms with E-state index in [-0.39, 0.29) is 12.6 Å². The fraction of sp³-hybridized carbons (Fsp3) is 0.227. The van der Waals surface area contributed by atoms with Gasteiger partial charge in [0, 0.05) is 37.0 Å². The van der Waals surface area contributed by atoms with Crippen molar-refractivity contribution < 1.29 is 13.9 Å². The van der Waals surface area contributed by atoms with E-state index in [0.29, 0.717) is 29.1 Å². The van der Waals surface area contributed by atoms with Crippen molar-refractivity contribution in [2.45, 2.75) is 19.5 Å². The minimum Gasteiger partial charge on any atom is -0.383 e. The van der Waals surface area contributed by atoms with Gasteiger partial charge in [-0.1, -0.05) is 23.7 Å². The van der Waals surface area contributed by atoms with Gasteiger partial charge in [-0.3, -0.25) is 0 Å². The number of hydrogen-bond donors (Lipinski definition) is 2. The number of urea groups is 1. The van der Waals surface area contributed by atoms with Crippen LogP contribution in [0.15, 0.2) is 60.8 Å². The second-order valence-corrected chi connectivity index (χ2v) is 7.27.